The van der Waals surface area contributed by atoms with Crippen molar-refractivity contribution in [2.24, 2.45) is 0 Å². The second-order valence-electron chi connectivity index (χ2n) is 3.11. The summed E-state index contributed by atoms with van der Waals surface area (Å²) in [6, 6.07) is 5.26. The third-order valence-electron chi connectivity index (χ3n) is 1.87. The van der Waals surface area contributed by atoms with Gasteiger partial charge in [-0.3, -0.25) is 0 Å². The lowest BCUT2D eigenvalue weighted by Gasteiger charge is -2.08. The molecule has 1 nitrogen and oxygen atoms in total. The molecule has 0 atom stereocenters. The number of nitrogens with one attached hydrogen (secondary N) is 1. The molecule has 0 saturated heterocycles. The zero-order chi connectivity index (χ0) is 10.4. The summed E-state index contributed by atoms with van der Waals surface area (Å²) >= 11 is 1.60. The van der Waals surface area contributed by atoms with E-state index in [1.807, 2.05) is 13.1 Å². The van der Waals surface area contributed by atoms with E-state index in [4.69, 9.17) is 0 Å². The standard InChI is InChI=1S/C11H16FNS/c1-3-7-14-11-9(8-13-2)5-4-6-10(11)12/h4-6,13H,3,7-8H2,1-2H3. The van der Waals surface area contributed by atoms with Crippen LogP contribution in [0.1, 0.15) is 18.9 Å². The predicted molar refractivity (Wildman–Crippen MR) is 60.2 cm³/mol. The Morgan fingerprint density at radius 3 is 2.86 bits per heavy atom. The van der Waals surface area contributed by atoms with Crippen LogP contribution in [0.15, 0.2) is 23.1 Å². The number of halogens is 1. The highest BCUT2D eigenvalue weighted by Gasteiger charge is 2.07. The molecule has 0 spiro atoms. The molecule has 0 fully saturated rings. The molecule has 0 aliphatic heterocycles. The molecule has 0 aromatic heterocycles. The van der Waals surface area contributed by atoms with Gasteiger partial charge in [0.15, 0.2) is 0 Å². The highest BCUT2D eigenvalue weighted by Crippen LogP contribution is 2.26. The molecule has 1 rings (SSSR count). The van der Waals surface area contributed by atoms with Gasteiger partial charge in [0, 0.05) is 11.4 Å². The first kappa shape index (κ1) is 11.5. The van der Waals surface area contributed by atoms with Gasteiger partial charge < -0.3 is 5.32 Å². The van der Waals surface area contributed by atoms with E-state index in [0.29, 0.717) is 0 Å². The van der Waals surface area contributed by atoms with E-state index in [1.54, 1.807) is 17.8 Å². The van der Waals surface area contributed by atoms with Crippen LogP contribution in [0, 0.1) is 5.82 Å². The van der Waals surface area contributed by atoms with E-state index in [9.17, 15) is 4.39 Å². The second kappa shape index (κ2) is 6.04. The minimum atomic E-state index is -0.101. The summed E-state index contributed by atoms with van der Waals surface area (Å²) in [7, 11) is 1.87. The molecule has 0 aliphatic rings. The fraction of sp³-hybridized carbons (Fsp3) is 0.455. The van der Waals surface area contributed by atoms with Crippen LogP contribution in [0.2, 0.25) is 0 Å². The lowest BCUT2D eigenvalue weighted by atomic mass is 10.2. The molecule has 1 aromatic rings. The van der Waals surface area contributed by atoms with Gasteiger partial charge in [-0.15, -0.1) is 11.8 Å². The SMILES string of the molecule is CCCSc1c(F)cccc1CNC. The topological polar surface area (TPSA) is 12.0 Å². The Kier molecular flexibility index (Phi) is 4.98. The molecule has 0 saturated carbocycles. The van der Waals surface area contributed by atoms with Crippen molar-refractivity contribution in [1.29, 1.82) is 0 Å². The molecule has 14 heavy (non-hydrogen) atoms. The van der Waals surface area contributed by atoms with Gasteiger partial charge in [-0.1, -0.05) is 19.1 Å². The first-order valence-corrected chi connectivity index (χ1v) is 5.83. The maximum absolute atomic E-state index is 13.4. The van der Waals surface area contributed by atoms with Crippen molar-refractivity contribution >= 4 is 11.8 Å². The maximum Gasteiger partial charge on any atom is 0.137 e. The molecule has 0 aliphatic carbocycles. The molecule has 0 bridgehead atoms. The van der Waals surface area contributed by atoms with Gasteiger partial charge in [0.1, 0.15) is 5.82 Å². The van der Waals surface area contributed by atoms with Crippen LogP contribution in [0.3, 0.4) is 0 Å². The van der Waals surface area contributed by atoms with Crippen LogP contribution in [0.4, 0.5) is 4.39 Å². The minimum absolute atomic E-state index is 0.101. The number of hydrogen-bond acceptors (Lipinski definition) is 2. The van der Waals surface area contributed by atoms with E-state index in [-0.39, 0.29) is 5.82 Å². The Balaban J connectivity index is 2.84. The van der Waals surface area contributed by atoms with Crippen molar-refractivity contribution < 1.29 is 4.39 Å². The first-order chi connectivity index (χ1) is 6.79. The molecule has 0 radical (unpaired) electrons. The van der Waals surface area contributed by atoms with Crippen LogP contribution < -0.4 is 5.32 Å². The van der Waals surface area contributed by atoms with Crippen molar-refractivity contribution in [2.75, 3.05) is 12.8 Å². The van der Waals surface area contributed by atoms with E-state index < -0.39 is 0 Å². The first-order valence-electron chi connectivity index (χ1n) is 4.84. The lowest BCUT2D eigenvalue weighted by molar-refractivity contribution is 0.594. The van der Waals surface area contributed by atoms with Crippen LogP contribution in [-0.4, -0.2) is 12.8 Å². The van der Waals surface area contributed by atoms with Gasteiger partial charge in [-0.25, -0.2) is 4.39 Å². The highest BCUT2D eigenvalue weighted by molar-refractivity contribution is 7.99. The van der Waals surface area contributed by atoms with Gasteiger partial charge in [0.25, 0.3) is 0 Å². The smallest absolute Gasteiger partial charge is 0.137 e. The van der Waals surface area contributed by atoms with E-state index >= 15 is 0 Å². The second-order valence-corrected chi connectivity index (χ2v) is 4.21. The molecule has 1 aromatic carbocycles. The zero-order valence-electron chi connectivity index (χ0n) is 8.64. The monoisotopic (exact) mass is 213 g/mol. The van der Waals surface area contributed by atoms with Crippen molar-refractivity contribution in [3.8, 4) is 0 Å². The quantitative estimate of drug-likeness (QED) is 0.754. The van der Waals surface area contributed by atoms with Crippen molar-refractivity contribution in [2.45, 2.75) is 24.8 Å². The number of thioether (sulfide) groups is 1. The summed E-state index contributed by atoms with van der Waals surface area (Å²) in [5.41, 5.74) is 1.05. The number of rotatable bonds is 5. The van der Waals surface area contributed by atoms with Gasteiger partial charge in [-0.05, 0) is 30.9 Å². The molecule has 0 unspecified atom stereocenters. The Morgan fingerprint density at radius 2 is 2.21 bits per heavy atom. The van der Waals surface area contributed by atoms with Crippen LogP contribution in [0.5, 0.6) is 0 Å². The Labute approximate surface area is 89.1 Å². The number of hydrogen-bond donors (Lipinski definition) is 1. The molecule has 3 heteroatoms. The number of benzene rings is 1. The fourth-order valence-electron chi connectivity index (χ4n) is 1.25. The molecule has 78 valence electrons. The Morgan fingerprint density at radius 1 is 1.43 bits per heavy atom. The van der Waals surface area contributed by atoms with Gasteiger partial charge in [0.05, 0.1) is 0 Å². The average Bonchev–Trinajstić information content (AvgIpc) is 2.18. The van der Waals surface area contributed by atoms with Crippen molar-refractivity contribution in [3.05, 3.63) is 29.6 Å². The molecule has 0 amide bonds. The van der Waals surface area contributed by atoms with Gasteiger partial charge >= 0.3 is 0 Å². The van der Waals surface area contributed by atoms with E-state index in [2.05, 4.69) is 12.2 Å². The molecular weight excluding hydrogens is 197 g/mol. The zero-order valence-corrected chi connectivity index (χ0v) is 9.46. The predicted octanol–water partition coefficient (Wildman–Crippen LogP) is 3.05. The Bertz CT molecular complexity index is 289. The molecule has 1 N–H and O–H groups in total. The van der Waals surface area contributed by atoms with Crippen LogP contribution in [0.25, 0.3) is 0 Å². The van der Waals surface area contributed by atoms with Crippen LogP contribution >= 0.6 is 11.8 Å². The third kappa shape index (κ3) is 3.00. The molecular formula is C11H16FNS. The highest BCUT2D eigenvalue weighted by atomic mass is 32.2. The van der Waals surface area contributed by atoms with Crippen LogP contribution in [-0.2, 0) is 6.54 Å². The summed E-state index contributed by atoms with van der Waals surface area (Å²) in [5, 5.41) is 3.05. The largest absolute Gasteiger partial charge is 0.316 e. The summed E-state index contributed by atoms with van der Waals surface area (Å²) in [6.07, 6.45) is 1.07. The average molecular weight is 213 g/mol. The fourth-order valence-corrected chi connectivity index (χ4v) is 2.19. The maximum atomic E-state index is 13.4. The van der Waals surface area contributed by atoms with Crippen molar-refractivity contribution in [3.63, 3.8) is 0 Å². The summed E-state index contributed by atoms with van der Waals surface area (Å²) in [6.45, 7) is 2.83. The lowest BCUT2D eigenvalue weighted by Crippen LogP contribution is -2.07. The van der Waals surface area contributed by atoms with E-state index in [0.717, 1.165) is 29.2 Å². The summed E-state index contributed by atoms with van der Waals surface area (Å²) in [4.78, 5) is 0.795. The van der Waals surface area contributed by atoms with Gasteiger partial charge in [-0.2, -0.15) is 0 Å². The minimum Gasteiger partial charge on any atom is -0.316 e. The normalized spacial score (nSPS) is 10.5. The van der Waals surface area contributed by atoms with E-state index in [1.165, 1.54) is 6.07 Å². The van der Waals surface area contributed by atoms with Crippen molar-refractivity contribution in [1.82, 2.24) is 5.32 Å². The summed E-state index contributed by atoms with van der Waals surface area (Å²) < 4.78 is 13.4. The third-order valence-corrected chi connectivity index (χ3v) is 3.22. The molecule has 0 heterocycles. The summed E-state index contributed by atoms with van der Waals surface area (Å²) in [5.74, 6) is 0.869. The Hall–Kier alpha value is -0.540. The van der Waals surface area contributed by atoms with Gasteiger partial charge in [0.2, 0.25) is 0 Å².